The summed E-state index contributed by atoms with van der Waals surface area (Å²) in [5.74, 6) is -1.33. The van der Waals surface area contributed by atoms with E-state index in [0.717, 1.165) is 12.3 Å². The molecule has 0 aliphatic heterocycles. The van der Waals surface area contributed by atoms with Crippen molar-refractivity contribution in [3.05, 3.63) is 84.2 Å². The van der Waals surface area contributed by atoms with Crippen molar-refractivity contribution >= 4 is 23.2 Å². The van der Waals surface area contributed by atoms with Gasteiger partial charge in [0.2, 0.25) is 0 Å². The van der Waals surface area contributed by atoms with Crippen molar-refractivity contribution in [2.45, 2.75) is 0 Å². The summed E-state index contributed by atoms with van der Waals surface area (Å²) in [6.07, 6.45) is 4.11. The molecule has 2 N–H and O–H groups in total. The van der Waals surface area contributed by atoms with Crippen LogP contribution in [0.3, 0.4) is 0 Å². The van der Waals surface area contributed by atoms with E-state index in [-0.39, 0.29) is 11.6 Å². The van der Waals surface area contributed by atoms with Gasteiger partial charge in [-0.15, -0.1) is 0 Å². The Morgan fingerprint density at radius 2 is 1.64 bits per heavy atom. The van der Waals surface area contributed by atoms with Crippen LogP contribution in [0.2, 0.25) is 0 Å². The zero-order valence-electron chi connectivity index (χ0n) is 12.9. The highest BCUT2D eigenvalue weighted by Gasteiger charge is 2.10. The second-order valence-electron chi connectivity index (χ2n) is 5.09. The highest BCUT2D eigenvalue weighted by Crippen LogP contribution is 2.14. The third-order valence-electron chi connectivity index (χ3n) is 3.28. The molecule has 3 rings (SSSR count). The number of amides is 2. The normalized spacial score (nSPS) is 10.1. The van der Waals surface area contributed by atoms with Crippen LogP contribution in [0.5, 0.6) is 0 Å². The molecule has 3 aromatic rings. The second kappa shape index (κ2) is 7.31. The minimum absolute atomic E-state index is 0.0769. The van der Waals surface area contributed by atoms with Crippen molar-refractivity contribution in [1.29, 1.82) is 0 Å². The fourth-order valence-electron chi connectivity index (χ4n) is 2.08. The average molecular weight is 336 g/mol. The highest BCUT2D eigenvalue weighted by atomic mass is 19.1. The molecule has 0 spiro atoms. The molecule has 6 nitrogen and oxygen atoms in total. The van der Waals surface area contributed by atoms with Gasteiger partial charge in [0.25, 0.3) is 11.8 Å². The van der Waals surface area contributed by atoms with Gasteiger partial charge in [0, 0.05) is 29.3 Å². The maximum absolute atomic E-state index is 12.9. The van der Waals surface area contributed by atoms with E-state index in [1.54, 1.807) is 42.7 Å². The van der Waals surface area contributed by atoms with E-state index in [1.165, 1.54) is 12.1 Å². The number of nitrogens with zero attached hydrogens (tertiary/aromatic N) is 2. The SMILES string of the molecule is O=C(Nc1ccncc1)c1cccc(NC(=O)c2ccc(F)cn2)c1. The van der Waals surface area contributed by atoms with Crippen LogP contribution in [0.15, 0.2) is 67.1 Å². The van der Waals surface area contributed by atoms with Gasteiger partial charge in [-0.2, -0.15) is 0 Å². The van der Waals surface area contributed by atoms with Gasteiger partial charge in [-0.05, 0) is 42.5 Å². The molecule has 1 aromatic carbocycles. The quantitative estimate of drug-likeness (QED) is 0.767. The molecule has 2 amide bonds. The summed E-state index contributed by atoms with van der Waals surface area (Å²) >= 11 is 0. The number of hydrogen-bond donors (Lipinski definition) is 2. The summed E-state index contributed by atoms with van der Waals surface area (Å²) in [7, 11) is 0. The van der Waals surface area contributed by atoms with Crippen LogP contribution >= 0.6 is 0 Å². The minimum Gasteiger partial charge on any atom is -0.322 e. The topological polar surface area (TPSA) is 84.0 Å². The summed E-state index contributed by atoms with van der Waals surface area (Å²) < 4.78 is 12.9. The van der Waals surface area contributed by atoms with E-state index in [9.17, 15) is 14.0 Å². The fourth-order valence-corrected chi connectivity index (χ4v) is 2.08. The van der Waals surface area contributed by atoms with Gasteiger partial charge >= 0.3 is 0 Å². The Labute approximate surface area is 142 Å². The average Bonchev–Trinajstić information content (AvgIpc) is 2.63. The molecule has 0 aliphatic carbocycles. The number of benzene rings is 1. The molecule has 0 unspecified atom stereocenters. The van der Waals surface area contributed by atoms with Crippen molar-refractivity contribution in [2.24, 2.45) is 0 Å². The van der Waals surface area contributed by atoms with Crippen LogP contribution in [-0.4, -0.2) is 21.8 Å². The van der Waals surface area contributed by atoms with Crippen LogP contribution in [0.4, 0.5) is 15.8 Å². The Hall–Kier alpha value is -3.61. The molecule has 0 bridgehead atoms. The Bertz CT molecular complexity index is 898. The van der Waals surface area contributed by atoms with Gasteiger partial charge in [0.1, 0.15) is 11.5 Å². The lowest BCUT2D eigenvalue weighted by atomic mass is 10.1. The summed E-state index contributed by atoms with van der Waals surface area (Å²) in [5, 5.41) is 5.35. The lowest BCUT2D eigenvalue weighted by Crippen LogP contribution is -2.15. The van der Waals surface area contributed by atoms with Crippen LogP contribution < -0.4 is 10.6 Å². The van der Waals surface area contributed by atoms with Crippen molar-refractivity contribution in [3.8, 4) is 0 Å². The van der Waals surface area contributed by atoms with E-state index >= 15 is 0 Å². The van der Waals surface area contributed by atoms with Crippen molar-refractivity contribution in [2.75, 3.05) is 10.6 Å². The number of anilines is 2. The Balaban J connectivity index is 1.71. The first-order valence-electron chi connectivity index (χ1n) is 7.36. The number of nitrogens with one attached hydrogen (secondary N) is 2. The molecule has 25 heavy (non-hydrogen) atoms. The van der Waals surface area contributed by atoms with Gasteiger partial charge < -0.3 is 10.6 Å². The van der Waals surface area contributed by atoms with Crippen LogP contribution in [-0.2, 0) is 0 Å². The largest absolute Gasteiger partial charge is 0.322 e. The number of halogens is 1. The number of aromatic nitrogens is 2. The fraction of sp³-hybridized carbons (Fsp3) is 0. The first-order valence-corrected chi connectivity index (χ1v) is 7.36. The van der Waals surface area contributed by atoms with E-state index in [1.807, 2.05) is 0 Å². The van der Waals surface area contributed by atoms with E-state index in [4.69, 9.17) is 0 Å². The summed E-state index contributed by atoms with van der Waals surface area (Å²) in [5.41, 5.74) is 1.50. The number of pyridine rings is 2. The van der Waals surface area contributed by atoms with E-state index in [0.29, 0.717) is 16.9 Å². The van der Waals surface area contributed by atoms with Crippen molar-refractivity contribution < 1.29 is 14.0 Å². The Kier molecular flexibility index (Phi) is 4.75. The second-order valence-corrected chi connectivity index (χ2v) is 5.09. The van der Waals surface area contributed by atoms with Crippen LogP contribution in [0, 0.1) is 5.82 Å². The van der Waals surface area contributed by atoms with Crippen LogP contribution in [0.25, 0.3) is 0 Å². The van der Waals surface area contributed by atoms with Crippen molar-refractivity contribution in [3.63, 3.8) is 0 Å². The molecule has 0 aliphatic rings. The third-order valence-corrected chi connectivity index (χ3v) is 3.28. The molecule has 0 saturated carbocycles. The summed E-state index contributed by atoms with van der Waals surface area (Å²) in [4.78, 5) is 31.9. The van der Waals surface area contributed by atoms with Gasteiger partial charge in [-0.1, -0.05) is 6.07 Å². The van der Waals surface area contributed by atoms with Gasteiger partial charge in [-0.3, -0.25) is 14.6 Å². The van der Waals surface area contributed by atoms with Gasteiger partial charge in [0.15, 0.2) is 0 Å². The maximum atomic E-state index is 12.9. The van der Waals surface area contributed by atoms with Gasteiger partial charge in [0.05, 0.1) is 6.20 Å². The number of carbonyl (C=O) groups is 2. The molecule has 124 valence electrons. The molecular formula is C18H13FN4O2. The van der Waals surface area contributed by atoms with Crippen LogP contribution in [0.1, 0.15) is 20.8 Å². The molecule has 0 fully saturated rings. The standard InChI is InChI=1S/C18H13FN4O2/c19-13-4-5-16(21-11-13)18(25)23-15-3-1-2-12(10-15)17(24)22-14-6-8-20-9-7-14/h1-11H,(H,23,25)(H,20,22,24). The number of hydrogen-bond acceptors (Lipinski definition) is 4. The predicted octanol–water partition coefficient (Wildman–Crippen LogP) is 3.12. The molecule has 0 radical (unpaired) electrons. The third kappa shape index (κ3) is 4.23. The zero-order chi connectivity index (χ0) is 17.6. The maximum Gasteiger partial charge on any atom is 0.274 e. The minimum atomic E-state index is -0.522. The summed E-state index contributed by atoms with van der Waals surface area (Å²) in [6, 6.07) is 12.2. The molecule has 2 aromatic heterocycles. The Morgan fingerprint density at radius 1 is 0.880 bits per heavy atom. The molecular weight excluding hydrogens is 323 g/mol. The summed E-state index contributed by atoms with van der Waals surface area (Å²) in [6.45, 7) is 0. The van der Waals surface area contributed by atoms with Crippen molar-refractivity contribution in [1.82, 2.24) is 9.97 Å². The molecule has 7 heteroatoms. The first kappa shape index (κ1) is 16.3. The number of carbonyl (C=O) groups excluding carboxylic acids is 2. The first-order chi connectivity index (χ1) is 12.1. The highest BCUT2D eigenvalue weighted by molar-refractivity contribution is 6.06. The Morgan fingerprint density at radius 3 is 2.36 bits per heavy atom. The molecule has 0 atom stereocenters. The van der Waals surface area contributed by atoms with E-state index < -0.39 is 11.7 Å². The molecule has 0 saturated heterocycles. The van der Waals surface area contributed by atoms with Gasteiger partial charge in [-0.25, -0.2) is 9.37 Å². The molecule has 2 heterocycles. The zero-order valence-corrected chi connectivity index (χ0v) is 12.9. The predicted molar refractivity (Wildman–Crippen MR) is 90.8 cm³/mol. The number of rotatable bonds is 4. The van der Waals surface area contributed by atoms with E-state index in [2.05, 4.69) is 20.6 Å². The lowest BCUT2D eigenvalue weighted by molar-refractivity contribution is 0.101. The monoisotopic (exact) mass is 336 g/mol. The lowest BCUT2D eigenvalue weighted by Gasteiger charge is -2.08. The smallest absolute Gasteiger partial charge is 0.274 e.